The minimum atomic E-state index is -1.17. The molecule has 2 heterocycles. The number of hydrogen-bond acceptors (Lipinski definition) is 4. The van der Waals surface area contributed by atoms with Crippen LogP contribution in [-0.2, 0) is 6.54 Å². The smallest absolute Gasteiger partial charge is 0.354 e. The van der Waals surface area contributed by atoms with Crippen LogP contribution >= 0.6 is 0 Å². The lowest BCUT2D eigenvalue weighted by Crippen LogP contribution is -2.23. The van der Waals surface area contributed by atoms with Crippen LogP contribution in [0.15, 0.2) is 30.9 Å². The number of aromatic amines is 1. The SMILES string of the molecule is O=C(NCc1cnc[nH]1)c1ccnc(C(=O)O)c1. The molecule has 0 aromatic carbocycles. The summed E-state index contributed by atoms with van der Waals surface area (Å²) >= 11 is 0. The van der Waals surface area contributed by atoms with E-state index in [4.69, 9.17) is 5.11 Å². The number of pyridine rings is 1. The fraction of sp³-hybridized carbons (Fsp3) is 0.0909. The molecule has 0 spiro atoms. The van der Waals surface area contributed by atoms with Gasteiger partial charge in [-0.15, -0.1) is 0 Å². The summed E-state index contributed by atoms with van der Waals surface area (Å²) in [5, 5.41) is 11.4. The van der Waals surface area contributed by atoms with Crippen molar-refractivity contribution in [2.75, 3.05) is 0 Å². The lowest BCUT2D eigenvalue weighted by Gasteiger charge is -2.04. The lowest BCUT2D eigenvalue weighted by atomic mass is 10.2. The molecule has 2 aromatic rings. The fourth-order valence-electron chi connectivity index (χ4n) is 1.35. The third kappa shape index (κ3) is 2.70. The zero-order chi connectivity index (χ0) is 13.0. The van der Waals surface area contributed by atoms with E-state index >= 15 is 0 Å². The van der Waals surface area contributed by atoms with Crippen molar-refractivity contribution in [1.29, 1.82) is 0 Å². The Morgan fingerprint density at radius 2 is 2.28 bits per heavy atom. The van der Waals surface area contributed by atoms with E-state index in [0.717, 1.165) is 5.69 Å². The number of amides is 1. The van der Waals surface area contributed by atoms with Gasteiger partial charge in [0.15, 0.2) is 0 Å². The van der Waals surface area contributed by atoms with Crippen LogP contribution in [0.5, 0.6) is 0 Å². The van der Waals surface area contributed by atoms with Gasteiger partial charge in [-0.05, 0) is 12.1 Å². The second kappa shape index (κ2) is 5.09. The quantitative estimate of drug-likeness (QED) is 0.725. The highest BCUT2D eigenvalue weighted by molar-refractivity contribution is 5.96. The molecule has 0 aliphatic rings. The average molecular weight is 246 g/mol. The number of carbonyl (C=O) groups excluding carboxylic acids is 1. The predicted octanol–water partition coefficient (Wildman–Crippen LogP) is 0.433. The van der Waals surface area contributed by atoms with E-state index in [0.29, 0.717) is 6.54 Å². The molecule has 0 saturated heterocycles. The first-order chi connectivity index (χ1) is 8.66. The predicted molar refractivity (Wildman–Crippen MR) is 61.0 cm³/mol. The van der Waals surface area contributed by atoms with E-state index in [-0.39, 0.29) is 17.2 Å². The first-order valence-electron chi connectivity index (χ1n) is 5.11. The van der Waals surface area contributed by atoms with Crippen LogP contribution in [0.2, 0.25) is 0 Å². The summed E-state index contributed by atoms with van der Waals surface area (Å²) in [6, 6.07) is 2.68. The maximum atomic E-state index is 11.7. The van der Waals surface area contributed by atoms with Gasteiger partial charge in [0.05, 0.1) is 18.6 Å². The zero-order valence-corrected chi connectivity index (χ0v) is 9.25. The molecule has 3 N–H and O–H groups in total. The minimum Gasteiger partial charge on any atom is -0.477 e. The molecule has 18 heavy (non-hydrogen) atoms. The Morgan fingerprint density at radius 3 is 2.94 bits per heavy atom. The number of carbonyl (C=O) groups is 2. The number of rotatable bonds is 4. The van der Waals surface area contributed by atoms with Crippen LogP contribution < -0.4 is 5.32 Å². The summed E-state index contributed by atoms with van der Waals surface area (Å²) in [6.07, 6.45) is 4.39. The molecule has 0 aliphatic heterocycles. The summed E-state index contributed by atoms with van der Waals surface area (Å²) in [7, 11) is 0. The molecule has 0 unspecified atom stereocenters. The Labute approximate surface area is 102 Å². The van der Waals surface area contributed by atoms with Crippen molar-refractivity contribution >= 4 is 11.9 Å². The van der Waals surface area contributed by atoms with E-state index in [2.05, 4.69) is 20.3 Å². The first-order valence-corrected chi connectivity index (χ1v) is 5.11. The van der Waals surface area contributed by atoms with Gasteiger partial charge in [0.1, 0.15) is 5.69 Å². The van der Waals surface area contributed by atoms with Crippen molar-refractivity contribution in [2.45, 2.75) is 6.54 Å². The molecule has 0 radical (unpaired) electrons. The third-order valence-electron chi connectivity index (χ3n) is 2.24. The van der Waals surface area contributed by atoms with Crippen LogP contribution in [-0.4, -0.2) is 31.9 Å². The number of nitrogens with one attached hydrogen (secondary N) is 2. The highest BCUT2D eigenvalue weighted by atomic mass is 16.4. The lowest BCUT2D eigenvalue weighted by molar-refractivity contribution is 0.0690. The van der Waals surface area contributed by atoms with Crippen molar-refractivity contribution in [3.63, 3.8) is 0 Å². The maximum absolute atomic E-state index is 11.7. The Kier molecular flexibility index (Phi) is 3.33. The average Bonchev–Trinajstić information content (AvgIpc) is 2.89. The molecular weight excluding hydrogens is 236 g/mol. The van der Waals surface area contributed by atoms with E-state index < -0.39 is 5.97 Å². The summed E-state index contributed by atoms with van der Waals surface area (Å²) in [5.74, 6) is -1.53. The Morgan fingerprint density at radius 1 is 1.44 bits per heavy atom. The minimum absolute atomic E-state index is 0.163. The molecule has 7 heteroatoms. The monoisotopic (exact) mass is 246 g/mol. The molecule has 0 fully saturated rings. The summed E-state index contributed by atoms with van der Waals surface area (Å²) in [4.78, 5) is 32.8. The van der Waals surface area contributed by atoms with Gasteiger partial charge < -0.3 is 15.4 Å². The second-order valence-corrected chi connectivity index (χ2v) is 3.49. The van der Waals surface area contributed by atoms with E-state index in [9.17, 15) is 9.59 Å². The van der Waals surface area contributed by atoms with Crippen molar-refractivity contribution in [1.82, 2.24) is 20.3 Å². The maximum Gasteiger partial charge on any atom is 0.354 e. The Balaban J connectivity index is 2.04. The molecule has 0 bridgehead atoms. The highest BCUT2D eigenvalue weighted by Crippen LogP contribution is 2.02. The number of nitrogens with zero attached hydrogens (tertiary/aromatic N) is 2. The molecule has 92 valence electrons. The summed E-state index contributed by atoms with van der Waals surface area (Å²) in [6.45, 7) is 0.295. The molecule has 0 aliphatic carbocycles. The van der Waals surface area contributed by atoms with Crippen LogP contribution in [0.25, 0.3) is 0 Å². The molecule has 0 atom stereocenters. The van der Waals surface area contributed by atoms with Crippen LogP contribution in [0, 0.1) is 0 Å². The van der Waals surface area contributed by atoms with Crippen LogP contribution in [0.1, 0.15) is 26.5 Å². The number of hydrogen-bond donors (Lipinski definition) is 3. The molecule has 2 rings (SSSR count). The van der Waals surface area contributed by atoms with Crippen molar-refractivity contribution in [3.05, 3.63) is 47.8 Å². The number of aromatic nitrogens is 3. The Bertz CT molecular complexity index is 565. The van der Waals surface area contributed by atoms with E-state index in [1.54, 1.807) is 6.20 Å². The van der Waals surface area contributed by atoms with Crippen molar-refractivity contribution < 1.29 is 14.7 Å². The van der Waals surface area contributed by atoms with Gasteiger partial charge in [-0.3, -0.25) is 4.79 Å². The van der Waals surface area contributed by atoms with Gasteiger partial charge in [0, 0.05) is 18.0 Å². The normalized spacial score (nSPS) is 10.0. The van der Waals surface area contributed by atoms with Gasteiger partial charge >= 0.3 is 5.97 Å². The fourth-order valence-corrected chi connectivity index (χ4v) is 1.35. The molecule has 2 aromatic heterocycles. The second-order valence-electron chi connectivity index (χ2n) is 3.49. The molecule has 0 saturated carbocycles. The number of aromatic carboxylic acids is 1. The number of imidazole rings is 1. The van der Waals surface area contributed by atoms with Gasteiger partial charge in [-0.25, -0.2) is 14.8 Å². The standard InChI is InChI=1S/C11H10N4O3/c16-10(14-5-8-4-12-6-15-8)7-1-2-13-9(3-7)11(17)18/h1-4,6H,5H2,(H,12,15)(H,14,16)(H,17,18). The van der Waals surface area contributed by atoms with Crippen LogP contribution in [0.4, 0.5) is 0 Å². The molecular formula is C11H10N4O3. The highest BCUT2D eigenvalue weighted by Gasteiger charge is 2.10. The zero-order valence-electron chi connectivity index (χ0n) is 9.25. The molecule has 1 amide bonds. The number of H-pyrrole nitrogens is 1. The van der Waals surface area contributed by atoms with Crippen molar-refractivity contribution in [2.24, 2.45) is 0 Å². The number of carboxylic acids is 1. The van der Waals surface area contributed by atoms with E-state index in [1.165, 1.54) is 24.7 Å². The largest absolute Gasteiger partial charge is 0.477 e. The summed E-state index contributed by atoms with van der Waals surface area (Å²) in [5.41, 5.74) is 0.849. The summed E-state index contributed by atoms with van der Waals surface area (Å²) < 4.78 is 0. The van der Waals surface area contributed by atoms with Gasteiger partial charge in [-0.1, -0.05) is 0 Å². The molecule has 7 nitrogen and oxygen atoms in total. The van der Waals surface area contributed by atoms with Gasteiger partial charge in [0.2, 0.25) is 0 Å². The third-order valence-corrected chi connectivity index (χ3v) is 2.24. The number of carboxylic acid groups (broad SMARTS) is 1. The first kappa shape index (κ1) is 11.8. The van der Waals surface area contributed by atoms with Gasteiger partial charge in [-0.2, -0.15) is 0 Å². The van der Waals surface area contributed by atoms with E-state index in [1.807, 2.05) is 0 Å². The van der Waals surface area contributed by atoms with Crippen LogP contribution in [0.3, 0.4) is 0 Å². The van der Waals surface area contributed by atoms with Crippen molar-refractivity contribution in [3.8, 4) is 0 Å². The Hall–Kier alpha value is -2.70. The topological polar surface area (TPSA) is 108 Å². The van der Waals surface area contributed by atoms with Gasteiger partial charge in [0.25, 0.3) is 5.91 Å².